The largest absolute Gasteiger partial charge is 0.336 e. The second kappa shape index (κ2) is 2.82. The highest BCUT2D eigenvalue weighted by Gasteiger charge is 2.23. The van der Waals surface area contributed by atoms with Gasteiger partial charge in [0.15, 0.2) is 0 Å². The van der Waals surface area contributed by atoms with Crippen LogP contribution in [0.1, 0.15) is 22.0 Å². The Bertz CT molecular complexity index is 305. The topological polar surface area (TPSA) is 46.1 Å². The molecule has 0 spiro atoms. The van der Waals surface area contributed by atoms with E-state index in [0.29, 0.717) is 10.8 Å². The summed E-state index contributed by atoms with van der Waals surface area (Å²) in [5, 5.41) is 0.521. The van der Waals surface area contributed by atoms with E-state index in [1.807, 2.05) is 0 Å². The lowest BCUT2D eigenvalue weighted by Gasteiger charge is -2.29. The summed E-state index contributed by atoms with van der Waals surface area (Å²) < 4.78 is 3.96. The second-order valence-electron chi connectivity index (χ2n) is 2.79. The van der Waals surface area contributed by atoms with Crippen LogP contribution >= 0.6 is 11.5 Å². The third-order valence-electron chi connectivity index (χ3n) is 1.85. The second-order valence-corrected chi connectivity index (χ2v) is 3.54. The Morgan fingerprint density at radius 3 is 2.75 bits per heavy atom. The van der Waals surface area contributed by atoms with E-state index in [9.17, 15) is 4.79 Å². The fraction of sp³-hybridized carbons (Fsp3) is 0.571. The predicted octanol–water partition coefficient (Wildman–Crippen LogP) is 0.692. The molecule has 0 unspecified atom stereocenters. The van der Waals surface area contributed by atoms with Crippen LogP contribution in [-0.4, -0.2) is 33.3 Å². The molecule has 1 aromatic heterocycles. The van der Waals surface area contributed by atoms with Crippen LogP contribution in [0.15, 0.2) is 0 Å². The number of likely N-dealkylation sites (tertiary alicyclic amines) is 1. The Morgan fingerprint density at radius 1 is 1.58 bits per heavy atom. The molecule has 0 aliphatic carbocycles. The first-order chi connectivity index (χ1) is 5.77. The van der Waals surface area contributed by atoms with Crippen LogP contribution in [-0.2, 0) is 0 Å². The van der Waals surface area contributed by atoms with Crippen molar-refractivity contribution in [2.75, 3.05) is 13.1 Å². The summed E-state index contributed by atoms with van der Waals surface area (Å²) in [7, 11) is 0. The van der Waals surface area contributed by atoms with Gasteiger partial charge in [-0.15, -0.1) is 0 Å². The zero-order chi connectivity index (χ0) is 8.55. The van der Waals surface area contributed by atoms with E-state index in [2.05, 4.69) is 9.36 Å². The van der Waals surface area contributed by atoms with E-state index in [0.717, 1.165) is 19.5 Å². The summed E-state index contributed by atoms with van der Waals surface area (Å²) in [6.45, 7) is 3.54. The molecule has 4 nitrogen and oxygen atoms in total. The van der Waals surface area contributed by atoms with Crippen LogP contribution < -0.4 is 0 Å². The average Bonchev–Trinajstić information content (AvgIpc) is 2.31. The van der Waals surface area contributed by atoms with Crippen molar-refractivity contribution in [1.82, 2.24) is 14.3 Å². The average molecular weight is 183 g/mol. The maximum atomic E-state index is 11.5. The number of aromatic nitrogens is 2. The van der Waals surface area contributed by atoms with E-state index in [1.165, 1.54) is 11.5 Å². The first-order valence-corrected chi connectivity index (χ1v) is 4.64. The number of carbonyl (C=O) groups excluding carboxylic acids is 1. The number of amides is 1. The van der Waals surface area contributed by atoms with Gasteiger partial charge in [-0.1, -0.05) is 0 Å². The van der Waals surface area contributed by atoms with Gasteiger partial charge in [-0.2, -0.15) is 4.37 Å². The number of nitrogens with zero attached hydrogens (tertiary/aromatic N) is 3. The molecule has 64 valence electrons. The first-order valence-electron chi connectivity index (χ1n) is 3.87. The quantitative estimate of drug-likeness (QED) is 0.643. The summed E-state index contributed by atoms with van der Waals surface area (Å²) in [4.78, 5) is 17.3. The molecule has 1 aliphatic heterocycles. The monoisotopic (exact) mass is 183 g/mol. The minimum Gasteiger partial charge on any atom is -0.336 e. The van der Waals surface area contributed by atoms with E-state index in [1.54, 1.807) is 11.8 Å². The van der Waals surface area contributed by atoms with Crippen molar-refractivity contribution in [2.24, 2.45) is 0 Å². The number of hydrogen-bond donors (Lipinski definition) is 0. The third-order valence-corrected chi connectivity index (χ3v) is 2.65. The fourth-order valence-electron chi connectivity index (χ4n) is 1.04. The van der Waals surface area contributed by atoms with E-state index in [4.69, 9.17) is 0 Å². The smallest absolute Gasteiger partial charge is 0.284 e. The van der Waals surface area contributed by atoms with Crippen molar-refractivity contribution in [3.8, 4) is 0 Å². The van der Waals surface area contributed by atoms with Gasteiger partial charge in [0, 0.05) is 13.1 Å². The molecule has 5 heteroatoms. The molecule has 0 bridgehead atoms. The van der Waals surface area contributed by atoms with Crippen molar-refractivity contribution >= 4 is 17.4 Å². The molecule has 0 N–H and O–H groups in total. The van der Waals surface area contributed by atoms with Gasteiger partial charge in [0.05, 0.1) is 0 Å². The van der Waals surface area contributed by atoms with Crippen molar-refractivity contribution in [1.29, 1.82) is 0 Å². The van der Waals surface area contributed by atoms with Gasteiger partial charge in [-0.05, 0) is 24.9 Å². The lowest BCUT2D eigenvalue weighted by molar-refractivity contribution is 0.0651. The lowest BCUT2D eigenvalue weighted by atomic mass is 10.2. The number of aryl methyl sites for hydroxylation is 1. The molecule has 0 atom stereocenters. The maximum absolute atomic E-state index is 11.5. The molecule has 12 heavy (non-hydrogen) atoms. The summed E-state index contributed by atoms with van der Waals surface area (Å²) >= 11 is 1.18. The fourth-order valence-corrected chi connectivity index (χ4v) is 1.68. The number of hydrogen-bond acceptors (Lipinski definition) is 4. The highest BCUT2D eigenvalue weighted by Crippen LogP contribution is 2.13. The first kappa shape index (κ1) is 7.67. The van der Waals surface area contributed by atoms with E-state index in [-0.39, 0.29) is 5.91 Å². The van der Waals surface area contributed by atoms with Crippen LogP contribution in [0.2, 0.25) is 0 Å². The molecule has 1 saturated heterocycles. The Morgan fingerprint density at radius 2 is 2.33 bits per heavy atom. The molecule has 1 amide bonds. The van der Waals surface area contributed by atoms with Gasteiger partial charge in [0.2, 0.25) is 5.01 Å². The van der Waals surface area contributed by atoms with Crippen molar-refractivity contribution < 1.29 is 4.79 Å². The maximum Gasteiger partial charge on any atom is 0.284 e. The van der Waals surface area contributed by atoms with Crippen LogP contribution in [0.5, 0.6) is 0 Å². The van der Waals surface area contributed by atoms with Crippen molar-refractivity contribution in [2.45, 2.75) is 13.3 Å². The Hall–Kier alpha value is -0.970. The van der Waals surface area contributed by atoms with Crippen molar-refractivity contribution in [3.63, 3.8) is 0 Å². The summed E-state index contributed by atoms with van der Waals surface area (Å²) in [5.41, 5.74) is 0. The SMILES string of the molecule is Cc1nsc(C(=O)N2CCC2)n1. The van der Waals surface area contributed by atoms with Crippen LogP contribution in [0, 0.1) is 6.92 Å². The normalized spacial score (nSPS) is 15.9. The highest BCUT2D eigenvalue weighted by atomic mass is 32.1. The standard InChI is InChI=1S/C7H9N3OS/c1-5-8-6(12-9-5)7(11)10-3-2-4-10/h2-4H2,1H3. The highest BCUT2D eigenvalue weighted by molar-refractivity contribution is 7.07. The minimum atomic E-state index is 0.0341. The summed E-state index contributed by atoms with van der Waals surface area (Å²) in [6, 6.07) is 0. The molecule has 2 rings (SSSR count). The molecule has 1 aliphatic rings. The molecule has 1 aromatic rings. The molecule has 2 heterocycles. The van der Waals surface area contributed by atoms with Gasteiger partial charge >= 0.3 is 0 Å². The summed E-state index contributed by atoms with van der Waals surface area (Å²) in [6.07, 6.45) is 1.11. The molecular weight excluding hydrogens is 174 g/mol. The summed E-state index contributed by atoms with van der Waals surface area (Å²) in [5.74, 6) is 0.718. The van der Waals surface area contributed by atoms with Gasteiger partial charge in [0.25, 0.3) is 5.91 Å². The number of rotatable bonds is 1. The zero-order valence-electron chi connectivity index (χ0n) is 6.78. The van der Waals surface area contributed by atoms with E-state index < -0.39 is 0 Å². The van der Waals surface area contributed by atoms with Crippen molar-refractivity contribution in [3.05, 3.63) is 10.8 Å². The Kier molecular flexibility index (Phi) is 1.80. The van der Waals surface area contributed by atoms with Gasteiger partial charge in [-0.25, -0.2) is 4.98 Å². The Balaban J connectivity index is 2.13. The van der Waals surface area contributed by atoms with Crippen LogP contribution in [0.4, 0.5) is 0 Å². The molecular formula is C7H9N3OS. The van der Waals surface area contributed by atoms with Gasteiger partial charge in [-0.3, -0.25) is 4.79 Å². The molecule has 0 aromatic carbocycles. The van der Waals surface area contributed by atoms with Crippen LogP contribution in [0.3, 0.4) is 0 Å². The molecule has 0 radical (unpaired) electrons. The molecule has 0 saturated carbocycles. The number of carbonyl (C=O) groups is 1. The Labute approximate surface area is 74.4 Å². The third kappa shape index (κ3) is 1.20. The minimum absolute atomic E-state index is 0.0341. The van der Waals surface area contributed by atoms with E-state index >= 15 is 0 Å². The predicted molar refractivity (Wildman–Crippen MR) is 45.2 cm³/mol. The van der Waals surface area contributed by atoms with Gasteiger partial charge in [0.1, 0.15) is 5.82 Å². The van der Waals surface area contributed by atoms with Gasteiger partial charge < -0.3 is 4.90 Å². The zero-order valence-corrected chi connectivity index (χ0v) is 7.60. The lowest BCUT2D eigenvalue weighted by Crippen LogP contribution is -2.41. The van der Waals surface area contributed by atoms with Crippen LogP contribution in [0.25, 0.3) is 0 Å². The molecule has 1 fully saturated rings.